The molecule has 0 amide bonds. The fourth-order valence-corrected chi connectivity index (χ4v) is 3.81. The molecule has 0 unspecified atom stereocenters. The Bertz CT molecular complexity index is 552. The normalized spacial score (nSPS) is 29.8. The van der Waals surface area contributed by atoms with Gasteiger partial charge in [-0.2, -0.15) is 0 Å². The molecule has 2 heterocycles. The number of methoxy groups -OCH3 is 1. The highest BCUT2D eigenvalue weighted by Gasteiger charge is 2.42. The second kappa shape index (κ2) is 7.53. The van der Waals surface area contributed by atoms with Crippen molar-refractivity contribution in [3.63, 3.8) is 0 Å². The van der Waals surface area contributed by atoms with Crippen molar-refractivity contribution in [2.75, 3.05) is 20.8 Å². The number of aliphatic imine (C=N–C) groups is 1. The molecule has 6 nitrogen and oxygen atoms in total. The van der Waals surface area contributed by atoms with Gasteiger partial charge in [0.05, 0.1) is 32.5 Å². The molecule has 4 atom stereocenters. The summed E-state index contributed by atoms with van der Waals surface area (Å²) in [6.07, 6.45) is -0.0460. The minimum atomic E-state index is -0.485. The van der Waals surface area contributed by atoms with Gasteiger partial charge >= 0.3 is 0 Å². The number of fused-ring (bicyclic) bond motifs is 1. The van der Waals surface area contributed by atoms with Crippen LogP contribution in [0.25, 0.3) is 0 Å². The van der Waals surface area contributed by atoms with Gasteiger partial charge in [-0.25, -0.2) is 0 Å². The molecule has 0 aliphatic carbocycles. The van der Waals surface area contributed by atoms with Crippen molar-refractivity contribution in [2.24, 2.45) is 4.99 Å². The second-order valence-electron chi connectivity index (χ2n) is 5.59. The molecule has 3 rings (SSSR count). The van der Waals surface area contributed by atoms with E-state index >= 15 is 0 Å². The molecule has 0 bridgehead atoms. The zero-order chi connectivity index (χ0) is 16.2. The largest absolute Gasteiger partial charge is 0.497 e. The van der Waals surface area contributed by atoms with Crippen LogP contribution in [0.15, 0.2) is 29.3 Å². The van der Waals surface area contributed by atoms with Gasteiger partial charge < -0.3 is 24.6 Å². The summed E-state index contributed by atoms with van der Waals surface area (Å²) in [4.78, 5) is 4.43. The van der Waals surface area contributed by atoms with E-state index in [1.807, 2.05) is 31.3 Å². The topological polar surface area (TPSA) is 72.3 Å². The molecule has 0 aromatic heterocycles. The molecule has 2 aliphatic rings. The lowest BCUT2D eigenvalue weighted by molar-refractivity contribution is -0.101. The highest BCUT2D eigenvalue weighted by Crippen LogP contribution is 2.35. The molecule has 1 saturated heterocycles. The number of aliphatic hydroxyl groups excluding tert-OH is 1. The van der Waals surface area contributed by atoms with E-state index in [0.29, 0.717) is 19.6 Å². The number of hydrogen-bond acceptors (Lipinski definition) is 7. The molecule has 23 heavy (non-hydrogen) atoms. The lowest BCUT2D eigenvalue weighted by Crippen LogP contribution is -2.45. The predicted octanol–water partition coefficient (Wildman–Crippen LogP) is 1.38. The molecule has 0 spiro atoms. The fourth-order valence-electron chi connectivity index (χ4n) is 2.70. The second-order valence-corrected chi connectivity index (χ2v) is 6.67. The van der Waals surface area contributed by atoms with E-state index in [0.717, 1.165) is 16.5 Å². The number of thioether (sulfide) groups is 1. The zero-order valence-corrected chi connectivity index (χ0v) is 14.1. The third-order valence-electron chi connectivity index (χ3n) is 3.94. The van der Waals surface area contributed by atoms with Crippen LogP contribution in [0.1, 0.15) is 12.0 Å². The van der Waals surface area contributed by atoms with Gasteiger partial charge in [-0.05, 0) is 17.7 Å². The van der Waals surface area contributed by atoms with Crippen molar-refractivity contribution in [3.05, 3.63) is 29.8 Å². The molecule has 7 heteroatoms. The van der Waals surface area contributed by atoms with Crippen LogP contribution < -0.4 is 10.1 Å². The molecule has 0 radical (unpaired) electrons. The van der Waals surface area contributed by atoms with Gasteiger partial charge in [-0.1, -0.05) is 23.9 Å². The van der Waals surface area contributed by atoms with Crippen molar-refractivity contribution in [1.29, 1.82) is 0 Å². The maximum Gasteiger partial charge on any atom is 0.159 e. The number of benzene rings is 1. The summed E-state index contributed by atoms with van der Waals surface area (Å²) in [7, 11) is 3.47. The average molecular weight is 338 g/mol. The van der Waals surface area contributed by atoms with Crippen molar-refractivity contribution in [3.8, 4) is 5.75 Å². The molecular formula is C16H22N2O4S. The lowest BCUT2D eigenvalue weighted by Gasteiger charge is -2.34. The summed E-state index contributed by atoms with van der Waals surface area (Å²) >= 11 is 1.52. The van der Waals surface area contributed by atoms with Gasteiger partial charge in [0.15, 0.2) is 5.17 Å². The van der Waals surface area contributed by atoms with Gasteiger partial charge in [-0.3, -0.25) is 4.99 Å². The van der Waals surface area contributed by atoms with Crippen LogP contribution in [-0.4, -0.2) is 54.7 Å². The Hall–Kier alpha value is -1.28. The van der Waals surface area contributed by atoms with E-state index < -0.39 is 6.10 Å². The Morgan fingerprint density at radius 3 is 2.87 bits per heavy atom. The van der Waals surface area contributed by atoms with E-state index in [2.05, 4.69) is 10.3 Å². The molecule has 1 aromatic rings. The summed E-state index contributed by atoms with van der Waals surface area (Å²) in [5.41, 5.74) is 0.951. The Kier molecular flexibility index (Phi) is 5.42. The van der Waals surface area contributed by atoms with Gasteiger partial charge in [-0.15, -0.1) is 0 Å². The average Bonchev–Trinajstić information content (AvgIpc) is 2.99. The summed E-state index contributed by atoms with van der Waals surface area (Å²) in [5, 5.41) is 14.1. The number of ether oxygens (including phenoxy) is 3. The summed E-state index contributed by atoms with van der Waals surface area (Å²) in [5.74, 6) is 0.831. The summed E-state index contributed by atoms with van der Waals surface area (Å²) < 4.78 is 16.9. The molecule has 2 N–H and O–H groups in total. The van der Waals surface area contributed by atoms with Crippen molar-refractivity contribution >= 4 is 16.9 Å². The minimum Gasteiger partial charge on any atom is -0.497 e. The molecule has 1 aromatic carbocycles. The third-order valence-corrected chi connectivity index (χ3v) is 5.10. The van der Waals surface area contributed by atoms with Gasteiger partial charge in [0.25, 0.3) is 0 Å². The smallest absolute Gasteiger partial charge is 0.159 e. The zero-order valence-electron chi connectivity index (χ0n) is 13.3. The van der Waals surface area contributed by atoms with Gasteiger partial charge in [0, 0.05) is 13.5 Å². The molecule has 1 fully saturated rings. The number of aliphatic hydroxyl groups is 1. The van der Waals surface area contributed by atoms with Crippen LogP contribution in [0.3, 0.4) is 0 Å². The first-order valence-corrected chi connectivity index (χ1v) is 8.54. The van der Waals surface area contributed by atoms with Gasteiger partial charge in [0.2, 0.25) is 0 Å². The van der Waals surface area contributed by atoms with Crippen LogP contribution in [-0.2, 0) is 16.1 Å². The molecule has 126 valence electrons. The molecule has 0 saturated carbocycles. The Balaban J connectivity index is 1.46. The number of amidine groups is 1. The van der Waals surface area contributed by atoms with Crippen LogP contribution in [0.5, 0.6) is 5.75 Å². The third kappa shape index (κ3) is 3.98. The predicted molar refractivity (Wildman–Crippen MR) is 89.8 cm³/mol. The number of hydrogen-bond donors (Lipinski definition) is 2. The number of nitrogens with one attached hydrogen (secondary N) is 1. The SMILES string of the molecule is CNC1=N[C@H]2[C@H](O[C@H](COCc3ccc(OC)cc3)C[C@@H]2O)S1. The standard InChI is InChI=1S/C16H22N2O4S/c1-17-16-18-14-13(19)7-12(22-15(14)23-16)9-21-8-10-3-5-11(20-2)6-4-10/h3-6,12-15,19H,7-9H2,1-2H3,(H,17,18)/t12-,13-,14+,15+/m0/s1. The first-order chi connectivity index (χ1) is 11.2. The number of rotatable bonds is 5. The minimum absolute atomic E-state index is 0.108. The maximum absolute atomic E-state index is 10.2. The first kappa shape index (κ1) is 16.6. The van der Waals surface area contributed by atoms with E-state index in [4.69, 9.17) is 14.2 Å². The Morgan fingerprint density at radius 2 is 2.17 bits per heavy atom. The monoisotopic (exact) mass is 338 g/mol. The van der Waals surface area contributed by atoms with Crippen molar-refractivity contribution in [2.45, 2.75) is 36.7 Å². The van der Waals surface area contributed by atoms with E-state index in [-0.39, 0.29) is 17.6 Å². The first-order valence-electron chi connectivity index (χ1n) is 7.66. The van der Waals surface area contributed by atoms with Crippen LogP contribution in [0.4, 0.5) is 0 Å². The maximum atomic E-state index is 10.2. The van der Waals surface area contributed by atoms with Gasteiger partial charge in [0.1, 0.15) is 17.2 Å². The molecular weight excluding hydrogens is 316 g/mol. The quantitative estimate of drug-likeness (QED) is 0.845. The van der Waals surface area contributed by atoms with Crippen molar-refractivity contribution < 1.29 is 19.3 Å². The van der Waals surface area contributed by atoms with E-state index in [1.54, 1.807) is 7.11 Å². The van der Waals surface area contributed by atoms with Crippen LogP contribution in [0, 0.1) is 0 Å². The van der Waals surface area contributed by atoms with E-state index in [9.17, 15) is 5.11 Å². The van der Waals surface area contributed by atoms with E-state index in [1.165, 1.54) is 11.8 Å². The summed E-state index contributed by atoms with van der Waals surface area (Å²) in [6.45, 7) is 0.973. The highest BCUT2D eigenvalue weighted by atomic mass is 32.2. The Morgan fingerprint density at radius 1 is 1.39 bits per heavy atom. The van der Waals surface area contributed by atoms with Crippen LogP contribution in [0.2, 0.25) is 0 Å². The molecule has 2 aliphatic heterocycles. The van der Waals surface area contributed by atoms with Crippen LogP contribution >= 0.6 is 11.8 Å². The Labute approximate surface area is 140 Å². The van der Waals surface area contributed by atoms with Crippen molar-refractivity contribution in [1.82, 2.24) is 5.32 Å². The lowest BCUT2D eigenvalue weighted by atomic mass is 10.0. The number of nitrogens with zero attached hydrogens (tertiary/aromatic N) is 1. The summed E-state index contributed by atoms with van der Waals surface area (Å²) in [6, 6.07) is 7.60. The fraction of sp³-hybridized carbons (Fsp3) is 0.562. The highest BCUT2D eigenvalue weighted by molar-refractivity contribution is 8.14.